The second-order valence-electron chi connectivity index (χ2n) is 4.82. The molecule has 0 amide bonds. The first-order valence-electron chi connectivity index (χ1n) is 6.16. The average Bonchev–Trinajstić information content (AvgIpc) is 2.30. The van der Waals surface area contributed by atoms with E-state index in [9.17, 15) is 0 Å². The van der Waals surface area contributed by atoms with Crippen LogP contribution in [0.1, 0.15) is 26.7 Å². The number of rotatable bonds is 3. The van der Waals surface area contributed by atoms with Crippen LogP contribution < -0.4 is 5.73 Å². The predicted octanol–water partition coefficient (Wildman–Crippen LogP) is 3.19. The Bertz CT molecular complexity index is 418. The second-order valence-corrected chi connectivity index (χ2v) is 5.18. The summed E-state index contributed by atoms with van der Waals surface area (Å²) >= 11 is 6.21. The van der Waals surface area contributed by atoms with Crippen LogP contribution in [-0.2, 0) is 0 Å². The number of nitrogens with two attached hydrogens (primary N) is 1. The van der Waals surface area contributed by atoms with Crippen molar-refractivity contribution in [3.63, 3.8) is 0 Å². The third kappa shape index (κ3) is 2.88. The molecule has 2 N–H and O–H groups in total. The molecule has 0 aromatic rings. The Hall–Kier alpha value is -0.860. The first-order chi connectivity index (χ1) is 8.10. The summed E-state index contributed by atoms with van der Waals surface area (Å²) in [5, 5.41) is 0.632. The van der Waals surface area contributed by atoms with Gasteiger partial charge in [0.05, 0.1) is 6.04 Å². The zero-order valence-electron chi connectivity index (χ0n) is 10.4. The lowest BCUT2D eigenvalue weighted by Gasteiger charge is -2.26. The van der Waals surface area contributed by atoms with Gasteiger partial charge in [-0.15, -0.1) is 0 Å². The first kappa shape index (κ1) is 12.6. The van der Waals surface area contributed by atoms with E-state index < -0.39 is 0 Å². The van der Waals surface area contributed by atoms with E-state index in [1.165, 1.54) is 5.57 Å². The van der Waals surface area contributed by atoms with Gasteiger partial charge < -0.3 is 5.73 Å². The van der Waals surface area contributed by atoms with Crippen molar-refractivity contribution in [1.29, 1.82) is 0 Å². The van der Waals surface area contributed by atoms with Gasteiger partial charge in [-0.1, -0.05) is 48.4 Å². The third-order valence-electron chi connectivity index (χ3n) is 3.33. The summed E-state index contributed by atoms with van der Waals surface area (Å²) in [6, 6.07) is 0.346. The van der Waals surface area contributed by atoms with Crippen LogP contribution >= 0.6 is 11.6 Å². The molecule has 0 radical (unpaired) electrons. The second kappa shape index (κ2) is 5.19. The van der Waals surface area contributed by atoms with Crippen LogP contribution in [0.15, 0.2) is 40.4 Å². The highest BCUT2D eigenvalue weighted by Gasteiger charge is 2.24. The number of hydrogen-bond acceptors (Lipinski definition) is 2. The maximum atomic E-state index is 6.21. The van der Waals surface area contributed by atoms with E-state index in [1.807, 2.05) is 0 Å². The Morgan fingerprint density at radius 1 is 1.47 bits per heavy atom. The maximum absolute atomic E-state index is 6.21. The lowest BCUT2D eigenvalue weighted by molar-refractivity contribution is 0.627. The van der Waals surface area contributed by atoms with Crippen LogP contribution in [0.5, 0.6) is 0 Å². The van der Waals surface area contributed by atoms with Crippen molar-refractivity contribution in [3.8, 4) is 0 Å². The van der Waals surface area contributed by atoms with Gasteiger partial charge in [0.25, 0.3) is 0 Å². The van der Waals surface area contributed by atoms with Crippen LogP contribution in [0, 0.1) is 5.92 Å². The lowest BCUT2D eigenvalue weighted by Crippen LogP contribution is -2.26. The van der Waals surface area contributed by atoms with Gasteiger partial charge in [-0.3, -0.25) is 4.99 Å². The number of nitrogens with zero attached hydrogens (tertiary/aromatic N) is 1. The minimum atomic E-state index is 0.172. The molecular formula is C14H19ClN2. The fourth-order valence-corrected chi connectivity index (χ4v) is 2.46. The van der Waals surface area contributed by atoms with Crippen molar-refractivity contribution in [2.75, 3.05) is 0 Å². The van der Waals surface area contributed by atoms with E-state index in [0.29, 0.717) is 11.1 Å². The molecule has 2 aliphatic rings. The number of hydrogen-bond donors (Lipinski definition) is 1. The number of halogens is 1. The minimum Gasteiger partial charge on any atom is -0.327 e. The molecule has 3 unspecified atom stereocenters. The molecule has 92 valence electrons. The van der Waals surface area contributed by atoms with Gasteiger partial charge in [0.1, 0.15) is 5.17 Å². The topological polar surface area (TPSA) is 38.4 Å². The molecule has 17 heavy (non-hydrogen) atoms. The van der Waals surface area contributed by atoms with Crippen LogP contribution in [0.2, 0.25) is 0 Å². The summed E-state index contributed by atoms with van der Waals surface area (Å²) in [7, 11) is 0. The summed E-state index contributed by atoms with van der Waals surface area (Å²) in [5.74, 6) is 0.349. The van der Waals surface area contributed by atoms with Gasteiger partial charge in [-0.05, 0) is 25.3 Å². The van der Waals surface area contributed by atoms with Crippen LogP contribution in [0.25, 0.3) is 0 Å². The molecule has 0 aromatic heterocycles. The standard InChI is InChI=1S/C14H19ClN2/c1-3-12(16)8-11-7-10-6-9(2)4-5-13(10)17-14(11)15/h4-7,10,12-13H,3,8,16H2,1-2H3. The van der Waals surface area contributed by atoms with Crippen molar-refractivity contribution in [1.82, 2.24) is 0 Å². The summed E-state index contributed by atoms with van der Waals surface area (Å²) in [5.41, 5.74) is 8.36. The van der Waals surface area contributed by atoms with E-state index in [4.69, 9.17) is 17.3 Å². The molecule has 1 heterocycles. The summed E-state index contributed by atoms with van der Waals surface area (Å²) in [6.45, 7) is 4.20. The molecule has 3 heteroatoms. The highest BCUT2D eigenvalue weighted by molar-refractivity contribution is 6.69. The molecule has 0 bridgehead atoms. The normalized spacial score (nSPS) is 29.1. The Morgan fingerprint density at radius 2 is 2.24 bits per heavy atom. The zero-order chi connectivity index (χ0) is 12.4. The van der Waals surface area contributed by atoms with E-state index in [-0.39, 0.29) is 12.1 Å². The van der Waals surface area contributed by atoms with E-state index >= 15 is 0 Å². The van der Waals surface area contributed by atoms with Crippen molar-refractivity contribution in [3.05, 3.63) is 35.5 Å². The highest BCUT2D eigenvalue weighted by atomic mass is 35.5. The number of fused-ring (bicyclic) bond motifs is 1. The Balaban J connectivity index is 2.18. The van der Waals surface area contributed by atoms with E-state index in [0.717, 1.165) is 18.4 Å². The molecule has 0 aromatic carbocycles. The summed E-state index contributed by atoms with van der Waals surface area (Å²) in [6.07, 6.45) is 10.5. The number of allylic oxidation sites excluding steroid dienone is 2. The van der Waals surface area contributed by atoms with Crippen molar-refractivity contribution >= 4 is 16.8 Å². The molecule has 0 spiro atoms. The number of aliphatic imine (C=N–C) groups is 1. The molecule has 3 atom stereocenters. The van der Waals surface area contributed by atoms with Gasteiger partial charge in [-0.2, -0.15) is 0 Å². The van der Waals surface area contributed by atoms with Crippen LogP contribution in [0.4, 0.5) is 0 Å². The molecule has 0 fully saturated rings. The lowest BCUT2D eigenvalue weighted by atomic mass is 9.87. The van der Waals surface area contributed by atoms with Crippen molar-refractivity contribution in [2.45, 2.75) is 38.8 Å². The van der Waals surface area contributed by atoms with E-state index in [1.54, 1.807) is 0 Å². The Kier molecular flexibility index (Phi) is 3.85. The SMILES string of the molecule is CCC(N)CC1=CC2C=C(C)C=CC2N=C1Cl. The quantitative estimate of drug-likeness (QED) is 0.821. The van der Waals surface area contributed by atoms with Crippen LogP contribution in [-0.4, -0.2) is 17.3 Å². The van der Waals surface area contributed by atoms with Gasteiger partial charge in [0.15, 0.2) is 0 Å². The van der Waals surface area contributed by atoms with Crippen molar-refractivity contribution < 1.29 is 0 Å². The predicted molar refractivity (Wildman–Crippen MR) is 74.4 cm³/mol. The average molecular weight is 251 g/mol. The third-order valence-corrected chi connectivity index (χ3v) is 3.67. The smallest absolute Gasteiger partial charge is 0.127 e. The fraction of sp³-hybridized carbons (Fsp3) is 0.500. The molecule has 2 rings (SSSR count). The van der Waals surface area contributed by atoms with Crippen LogP contribution in [0.3, 0.4) is 0 Å². The van der Waals surface area contributed by atoms with Gasteiger partial charge in [0.2, 0.25) is 0 Å². The summed E-state index contributed by atoms with van der Waals surface area (Å²) < 4.78 is 0. The molecular weight excluding hydrogens is 232 g/mol. The van der Waals surface area contributed by atoms with Crippen molar-refractivity contribution in [2.24, 2.45) is 16.6 Å². The number of dihydropyridines is 1. The maximum Gasteiger partial charge on any atom is 0.127 e. The fourth-order valence-electron chi connectivity index (χ4n) is 2.21. The van der Waals surface area contributed by atoms with Gasteiger partial charge in [-0.25, -0.2) is 0 Å². The molecule has 2 nitrogen and oxygen atoms in total. The first-order valence-corrected chi connectivity index (χ1v) is 6.54. The van der Waals surface area contributed by atoms with Gasteiger partial charge >= 0.3 is 0 Å². The van der Waals surface area contributed by atoms with E-state index in [2.05, 4.69) is 43.1 Å². The zero-order valence-corrected chi connectivity index (χ0v) is 11.1. The van der Waals surface area contributed by atoms with Gasteiger partial charge in [0, 0.05) is 12.0 Å². The minimum absolute atomic E-state index is 0.172. The Morgan fingerprint density at radius 3 is 2.94 bits per heavy atom. The molecule has 1 aliphatic heterocycles. The molecule has 0 saturated carbocycles. The monoisotopic (exact) mass is 250 g/mol. The molecule has 1 aliphatic carbocycles. The Labute approximate surface area is 108 Å². The molecule has 0 saturated heterocycles. The summed E-state index contributed by atoms with van der Waals surface area (Å²) in [4.78, 5) is 4.53. The largest absolute Gasteiger partial charge is 0.327 e. The highest BCUT2D eigenvalue weighted by Crippen LogP contribution is 2.29.